The smallest absolute Gasteiger partial charge is 0.253 e. The van der Waals surface area contributed by atoms with E-state index in [1.54, 1.807) is 24.3 Å². The van der Waals surface area contributed by atoms with Crippen LogP contribution in [0.25, 0.3) is 0 Å². The van der Waals surface area contributed by atoms with Crippen LogP contribution in [0.5, 0.6) is 0 Å². The number of anilines is 1. The molecule has 1 unspecified atom stereocenters. The number of hydrogen-bond donors (Lipinski definition) is 0. The summed E-state index contributed by atoms with van der Waals surface area (Å²) in [6.45, 7) is -0.128. The summed E-state index contributed by atoms with van der Waals surface area (Å²) >= 11 is 5.93. The first-order valence-electron chi connectivity index (χ1n) is 5.90. The monoisotopic (exact) mass is 315 g/mol. The lowest BCUT2D eigenvalue weighted by Gasteiger charge is -2.27. The zero-order valence-corrected chi connectivity index (χ0v) is 12.4. The van der Waals surface area contributed by atoms with E-state index in [0.717, 1.165) is 5.41 Å². The first-order chi connectivity index (χ1) is 9.43. The van der Waals surface area contributed by atoms with Crippen molar-refractivity contribution in [1.29, 1.82) is 0 Å². The molecule has 1 aliphatic rings. The number of methoxy groups -OCH3 is 1. The molecule has 1 aromatic carbocycles. The van der Waals surface area contributed by atoms with Gasteiger partial charge in [0.25, 0.3) is 5.91 Å². The summed E-state index contributed by atoms with van der Waals surface area (Å²) in [5.74, 6) is -0.448. The molecule has 2 rings (SSSR count). The summed E-state index contributed by atoms with van der Waals surface area (Å²) in [6.07, 6.45) is 1.50. The highest BCUT2D eigenvalue weighted by Crippen LogP contribution is 2.25. The van der Waals surface area contributed by atoms with Crippen LogP contribution in [0, 0.1) is 0 Å². The number of carbonyl (C=O) groups is 1. The van der Waals surface area contributed by atoms with Crippen molar-refractivity contribution in [3.05, 3.63) is 40.8 Å². The largest absolute Gasteiger partial charge is 0.375 e. The van der Waals surface area contributed by atoms with E-state index in [-0.39, 0.29) is 18.3 Å². The van der Waals surface area contributed by atoms with Crippen LogP contribution in [0.3, 0.4) is 0 Å². The van der Waals surface area contributed by atoms with Crippen molar-refractivity contribution in [3.8, 4) is 0 Å². The molecular weight excluding hydrogens is 302 g/mol. The van der Waals surface area contributed by atoms with Crippen molar-refractivity contribution in [2.45, 2.75) is 6.04 Å². The number of benzene rings is 1. The second-order valence-electron chi connectivity index (χ2n) is 4.40. The molecule has 0 fully saturated rings. The summed E-state index contributed by atoms with van der Waals surface area (Å²) < 4.78 is 27.9. The molecule has 0 bridgehead atoms. The summed E-state index contributed by atoms with van der Waals surface area (Å²) in [6, 6.07) is 6.18. The van der Waals surface area contributed by atoms with Crippen LogP contribution in [-0.4, -0.2) is 39.8 Å². The molecule has 5 nitrogen and oxygen atoms in total. The van der Waals surface area contributed by atoms with Crippen molar-refractivity contribution in [2.75, 3.05) is 24.4 Å². The molecule has 1 aliphatic heterocycles. The number of hydrogen-bond acceptors (Lipinski definition) is 4. The number of sulfone groups is 1. The maximum Gasteiger partial charge on any atom is 0.253 e. The fourth-order valence-electron chi connectivity index (χ4n) is 2.06. The maximum atomic E-state index is 12.2. The van der Waals surface area contributed by atoms with E-state index in [9.17, 15) is 13.2 Å². The van der Waals surface area contributed by atoms with Crippen molar-refractivity contribution in [3.63, 3.8) is 0 Å². The van der Waals surface area contributed by atoms with Gasteiger partial charge in [-0.3, -0.25) is 4.79 Å². The fraction of sp³-hybridized carbons (Fsp3) is 0.308. The van der Waals surface area contributed by atoms with Gasteiger partial charge >= 0.3 is 0 Å². The molecule has 1 aromatic rings. The molecule has 0 radical (unpaired) electrons. The lowest BCUT2D eigenvalue weighted by molar-refractivity contribution is -0.122. The second kappa shape index (κ2) is 5.95. The summed E-state index contributed by atoms with van der Waals surface area (Å²) in [4.78, 5) is 13.6. The molecule has 0 aromatic heterocycles. The van der Waals surface area contributed by atoms with Gasteiger partial charge in [0.2, 0.25) is 0 Å². The van der Waals surface area contributed by atoms with Gasteiger partial charge in [-0.05, 0) is 24.3 Å². The van der Waals surface area contributed by atoms with E-state index in [1.807, 2.05) is 0 Å². The highest BCUT2D eigenvalue weighted by atomic mass is 35.5. The Morgan fingerprint density at radius 1 is 1.50 bits per heavy atom. The number of rotatable bonds is 4. The van der Waals surface area contributed by atoms with Crippen LogP contribution in [0.4, 0.5) is 5.69 Å². The van der Waals surface area contributed by atoms with Gasteiger partial charge in [0.15, 0.2) is 9.84 Å². The third-order valence-corrected chi connectivity index (χ3v) is 4.48. The van der Waals surface area contributed by atoms with Gasteiger partial charge < -0.3 is 9.64 Å². The van der Waals surface area contributed by atoms with E-state index in [4.69, 9.17) is 16.3 Å². The van der Waals surface area contributed by atoms with Gasteiger partial charge in [0.1, 0.15) is 6.61 Å². The van der Waals surface area contributed by atoms with Gasteiger partial charge in [-0.25, -0.2) is 8.42 Å². The molecule has 1 heterocycles. The molecule has 0 spiro atoms. The summed E-state index contributed by atoms with van der Waals surface area (Å²) in [5, 5.41) is 1.61. The van der Waals surface area contributed by atoms with E-state index in [1.165, 1.54) is 18.1 Å². The molecular formula is C13H14ClNO4S. The predicted molar refractivity (Wildman–Crippen MR) is 77.5 cm³/mol. The predicted octanol–water partition coefficient (Wildman–Crippen LogP) is 1.63. The Hall–Kier alpha value is -1.37. The minimum atomic E-state index is -3.26. The quantitative estimate of drug-likeness (QED) is 0.847. The first-order valence-corrected chi connectivity index (χ1v) is 8.00. The Kier molecular flexibility index (Phi) is 4.47. The highest BCUT2D eigenvalue weighted by Gasteiger charge is 2.31. The Morgan fingerprint density at radius 3 is 2.80 bits per heavy atom. The minimum Gasteiger partial charge on any atom is -0.375 e. The highest BCUT2D eigenvalue weighted by molar-refractivity contribution is 7.94. The van der Waals surface area contributed by atoms with Gasteiger partial charge in [0.05, 0.1) is 11.8 Å². The Balaban J connectivity index is 2.36. The molecule has 108 valence electrons. The van der Waals surface area contributed by atoms with Crippen molar-refractivity contribution in [1.82, 2.24) is 0 Å². The molecule has 7 heteroatoms. The molecule has 0 aliphatic carbocycles. The van der Waals surface area contributed by atoms with Crippen molar-refractivity contribution < 1.29 is 17.9 Å². The topological polar surface area (TPSA) is 63.7 Å². The second-order valence-corrected chi connectivity index (χ2v) is 6.77. The average Bonchev–Trinajstić information content (AvgIpc) is 2.70. The fourth-order valence-corrected chi connectivity index (χ4v) is 3.51. The zero-order chi connectivity index (χ0) is 14.8. The Bertz CT molecular complexity index is 642. The third kappa shape index (κ3) is 3.39. The minimum absolute atomic E-state index is 0.128. The first kappa shape index (κ1) is 15.0. The molecule has 0 saturated heterocycles. The summed E-state index contributed by atoms with van der Waals surface area (Å²) in [7, 11) is -1.84. The standard InChI is InChI=1S/C13H14ClNO4S/c1-19-8-13(16)15(11-4-2-3-10(14)7-11)12-5-6-20(17,18)9-12/h2-7,12H,8-9H2,1H3. The van der Waals surface area contributed by atoms with Gasteiger partial charge in [0, 0.05) is 23.2 Å². The Labute approximate surface area is 122 Å². The maximum absolute atomic E-state index is 12.2. The van der Waals surface area contributed by atoms with Crippen molar-refractivity contribution >= 4 is 33.0 Å². The van der Waals surface area contributed by atoms with Crippen LogP contribution in [-0.2, 0) is 19.4 Å². The van der Waals surface area contributed by atoms with Gasteiger partial charge in [-0.1, -0.05) is 17.7 Å². The Morgan fingerprint density at radius 2 is 2.25 bits per heavy atom. The number of ether oxygens (including phenoxy) is 1. The van der Waals surface area contributed by atoms with Crippen LogP contribution < -0.4 is 4.90 Å². The van der Waals surface area contributed by atoms with Crippen LogP contribution in [0.2, 0.25) is 5.02 Å². The average molecular weight is 316 g/mol. The molecule has 1 amide bonds. The number of carbonyl (C=O) groups excluding carboxylic acids is 1. The number of amides is 1. The van der Waals surface area contributed by atoms with E-state index >= 15 is 0 Å². The summed E-state index contributed by atoms with van der Waals surface area (Å²) in [5.41, 5.74) is 0.548. The van der Waals surface area contributed by atoms with E-state index < -0.39 is 15.9 Å². The zero-order valence-electron chi connectivity index (χ0n) is 10.8. The molecule has 1 atom stereocenters. The van der Waals surface area contributed by atoms with Gasteiger partial charge in [-0.15, -0.1) is 0 Å². The third-order valence-electron chi connectivity index (χ3n) is 2.87. The number of nitrogens with zero attached hydrogens (tertiary/aromatic N) is 1. The normalized spacial score (nSPS) is 20.0. The van der Waals surface area contributed by atoms with Crippen LogP contribution >= 0.6 is 11.6 Å². The van der Waals surface area contributed by atoms with Gasteiger partial charge in [-0.2, -0.15) is 0 Å². The molecule has 0 saturated carbocycles. The molecule has 20 heavy (non-hydrogen) atoms. The van der Waals surface area contributed by atoms with Crippen LogP contribution in [0.1, 0.15) is 0 Å². The molecule has 0 N–H and O–H groups in total. The van der Waals surface area contributed by atoms with E-state index in [2.05, 4.69) is 0 Å². The SMILES string of the molecule is COCC(=O)N(c1cccc(Cl)c1)C1C=CS(=O)(=O)C1. The number of halogens is 1. The van der Waals surface area contributed by atoms with Crippen molar-refractivity contribution in [2.24, 2.45) is 0 Å². The van der Waals surface area contributed by atoms with Crippen LogP contribution in [0.15, 0.2) is 35.7 Å². The lowest BCUT2D eigenvalue weighted by atomic mass is 10.2. The lowest BCUT2D eigenvalue weighted by Crippen LogP contribution is -2.43. The van der Waals surface area contributed by atoms with E-state index in [0.29, 0.717) is 10.7 Å².